The first kappa shape index (κ1) is 16.4. The number of hydrogen-bond donors (Lipinski definition) is 1. The molecule has 0 spiro atoms. The third-order valence-corrected chi connectivity index (χ3v) is 5.38. The lowest BCUT2D eigenvalue weighted by Gasteiger charge is -2.29. The smallest absolute Gasteiger partial charge is 0.223 e. The van der Waals surface area contributed by atoms with Gasteiger partial charge in [0.15, 0.2) is 0 Å². The SMILES string of the molecule is CN(CC(C)(C)CN)C(=O)CCN1CCCS1(=O)=O. The summed E-state index contributed by atoms with van der Waals surface area (Å²) in [6.07, 6.45) is 0.892. The molecule has 112 valence electrons. The molecule has 7 heteroatoms. The fourth-order valence-corrected chi connectivity index (χ4v) is 3.68. The Labute approximate surface area is 116 Å². The van der Waals surface area contributed by atoms with Crippen LogP contribution >= 0.6 is 0 Å². The summed E-state index contributed by atoms with van der Waals surface area (Å²) in [5, 5.41) is 0. The van der Waals surface area contributed by atoms with E-state index < -0.39 is 10.0 Å². The Bertz CT molecular complexity index is 420. The van der Waals surface area contributed by atoms with Gasteiger partial charge in [0.2, 0.25) is 15.9 Å². The summed E-state index contributed by atoms with van der Waals surface area (Å²) in [6, 6.07) is 0. The van der Waals surface area contributed by atoms with Crippen molar-refractivity contribution in [2.45, 2.75) is 26.7 Å². The van der Waals surface area contributed by atoms with Crippen molar-refractivity contribution in [1.82, 2.24) is 9.21 Å². The fourth-order valence-electron chi connectivity index (χ4n) is 2.15. The maximum atomic E-state index is 12.0. The van der Waals surface area contributed by atoms with Gasteiger partial charge in [-0.25, -0.2) is 12.7 Å². The standard InChI is InChI=1S/C12H25N3O3S/c1-12(2,9-13)10-14(3)11(16)5-7-15-6-4-8-19(15,17)18/h4-10,13H2,1-3H3. The molecule has 1 aliphatic rings. The van der Waals surface area contributed by atoms with E-state index in [1.54, 1.807) is 11.9 Å². The summed E-state index contributed by atoms with van der Waals surface area (Å²) in [7, 11) is -1.37. The van der Waals surface area contributed by atoms with Gasteiger partial charge in [0, 0.05) is 33.1 Å². The van der Waals surface area contributed by atoms with Gasteiger partial charge in [-0.3, -0.25) is 4.79 Å². The van der Waals surface area contributed by atoms with Gasteiger partial charge >= 0.3 is 0 Å². The number of hydrogen-bond acceptors (Lipinski definition) is 4. The van der Waals surface area contributed by atoms with Crippen LogP contribution in [0.15, 0.2) is 0 Å². The van der Waals surface area contributed by atoms with Gasteiger partial charge in [-0.05, 0) is 18.4 Å². The van der Waals surface area contributed by atoms with Gasteiger partial charge in [0.25, 0.3) is 0 Å². The number of sulfonamides is 1. The normalized spacial score (nSPS) is 19.6. The Morgan fingerprint density at radius 3 is 2.53 bits per heavy atom. The minimum Gasteiger partial charge on any atom is -0.345 e. The molecule has 2 N–H and O–H groups in total. The van der Waals surface area contributed by atoms with Crippen LogP contribution < -0.4 is 5.73 Å². The van der Waals surface area contributed by atoms with E-state index in [1.165, 1.54) is 4.31 Å². The Kier molecular flexibility index (Phi) is 5.34. The predicted octanol–water partition coefficient (Wildman–Crippen LogP) is -0.145. The van der Waals surface area contributed by atoms with Crippen molar-refractivity contribution < 1.29 is 13.2 Å². The maximum absolute atomic E-state index is 12.0. The van der Waals surface area contributed by atoms with Crippen LogP contribution in [-0.4, -0.2) is 62.5 Å². The topological polar surface area (TPSA) is 83.7 Å². The molecule has 0 aliphatic carbocycles. The van der Waals surface area contributed by atoms with Gasteiger partial charge < -0.3 is 10.6 Å². The molecule has 1 fully saturated rings. The molecule has 1 heterocycles. The minimum absolute atomic E-state index is 0.0383. The fraction of sp³-hybridized carbons (Fsp3) is 0.917. The van der Waals surface area contributed by atoms with Crippen LogP contribution in [0.3, 0.4) is 0 Å². The van der Waals surface area contributed by atoms with Crippen molar-refractivity contribution in [3.8, 4) is 0 Å². The van der Waals surface area contributed by atoms with Crippen LogP contribution in [0, 0.1) is 5.41 Å². The highest BCUT2D eigenvalue weighted by Crippen LogP contribution is 2.16. The molecule has 0 aromatic carbocycles. The number of nitrogens with zero attached hydrogens (tertiary/aromatic N) is 2. The molecule has 1 saturated heterocycles. The molecule has 0 bridgehead atoms. The predicted molar refractivity (Wildman–Crippen MR) is 75.1 cm³/mol. The first-order valence-corrected chi connectivity index (χ1v) is 8.21. The van der Waals surface area contributed by atoms with Crippen LogP contribution in [0.2, 0.25) is 0 Å². The van der Waals surface area contributed by atoms with Gasteiger partial charge in [-0.15, -0.1) is 0 Å². The van der Waals surface area contributed by atoms with E-state index >= 15 is 0 Å². The van der Waals surface area contributed by atoms with Crippen molar-refractivity contribution in [2.24, 2.45) is 11.1 Å². The summed E-state index contributed by atoms with van der Waals surface area (Å²) in [5.74, 6) is 0.167. The van der Waals surface area contributed by atoms with Crippen LogP contribution in [0.5, 0.6) is 0 Å². The summed E-state index contributed by atoms with van der Waals surface area (Å²) in [6.45, 7) is 5.91. The second-order valence-corrected chi connectivity index (χ2v) is 8.03. The zero-order valence-electron chi connectivity index (χ0n) is 12.1. The Morgan fingerprint density at radius 1 is 1.42 bits per heavy atom. The van der Waals surface area contributed by atoms with E-state index in [9.17, 15) is 13.2 Å². The van der Waals surface area contributed by atoms with Crippen molar-refractivity contribution in [3.05, 3.63) is 0 Å². The lowest BCUT2D eigenvalue weighted by atomic mass is 9.93. The summed E-state index contributed by atoms with van der Waals surface area (Å²) in [5.41, 5.74) is 5.52. The minimum atomic E-state index is -3.11. The van der Waals surface area contributed by atoms with E-state index in [0.717, 1.165) is 0 Å². The van der Waals surface area contributed by atoms with E-state index in [4.69, 9.17) is 5.73 Å². The van der Waals surface area contributed by atoms with Crippen LogP contribution in [-0.2, 0) is 14.8 Å². The average Bonchev–Trinajstić information content (AvgIpc) is 2.64. The molecule has 1 amide bonds. The van der Waals surface area contributed by atoms with Crippen molar-refractivity contribution in [3.63, 3.8) is 0 Å². The Balaban J connectivity index is 2.43. The number of nitrogens with two attached hydrogens (primary N) is 1. The van der Waals surface area contributed by atoms with Gasteiger partial charge in [-0.1, -0.05) is 13.8 Å². The molecule has 19 heavy (non-hydrogen) atoms. The Hall–Kier alpha value is -0.660. The van der Waals surface area contributed by atoms with E-state index in [2.05, 4.69) is 0 Å². The van der Waals surface area contributed by atoms with E-state index in [-0.39, 0.29) is 30.0 Å². The van der Waals surface area contributed by atoms with Gasteiger partial charge in [-0.2, -0.15) is 0 Å². The Morgan fingerprint density at radius 2 is 2.05 bits per heavy atom. The lowest BCUT2D eigenvalue weighted by Crippen LogP contribution is -2.41. The summed E-state index contributed by atoms with van der Waals surface area (Å²) < 4.78 is 24.6. The highest BCUT2D eigenvalue weighted by molar-refractivity contribution is 7.89. The molecule has 0 aromatic heterocycles. The number of carbonyl (C=O) groups excluding carboxylic acids is 1. The highest BCUT2D eigenvalue weighted by Gasteiger charge is 2.29. The van der Waals surface area contributed by atoms with Crippen LogP contribution in [0.25, 0.3) is 0 Å². The summed E-state index contributed by atoms with van der Waals surface area (Å²) >= 11 is 0. The molecule has 0 saturated carbocycles. The highest BCUT2D eigenvalue weighted by atomic mass is 32.2. The first-order chi connectivity index (χ1) is 8.68. The zero-order chi connectivity index (χ0) is 14.7. The van der Waals surface area contributed by atoms with E-state index in [1.807, 2.05) is 13.8 Å². The van der Waals surface area contributed by atoms with Crippen molar-refractivity contribution >= 4 is 15.9 Å². The van der Waals surface area contributed by atoms with E-state index in [0.29, 0.717) is 26.1 Å². The second kappa shape index (κ2) is 6.19. The molecule has 1 aliphatic heterocycles. The lowest BCUT2D eigenvalue weighted by molar-refractivity contribution is -0.131. The third-order valence-electron chi connectivity index (χ3n) is 3.42. The van der Waals surface area contributed by atoms with Crippen molar-refractivity contribution in [1.29, 1.82) is 0 Å². The molecular weight excluding hydrogens is 266 g/mol. The largest absolute Gasteiger partial charge is 0.345 e. The van der Waals surface area contributed by atoms with Gasteiger partial charge in [0.1, 0.15) is 0 Å². The first-order valence-electron chi connectivity index (χ1n) is 6.60. The van der Waals surface area contributed by atoms with Crippen molar-refractivity contribution in [2.75, 3.05) is 39.0 Å². The molecule has 0 atom stereocenters. The quantitative estimate of drug-likeness (QED) is 0.738. The number of carbonyl (C=O) groups is 1. The second-order valence-electron chi connectivity index (χ2n) is 5.94. The van der Waals surface area contributed by atoms with Crippen LogP contribution in [0.1, 0.15) is 26.7 Å². The molecule has 0 unspecified atom stereocenters. The van der Waals surface area contributed by atoms with Gasteiger partial charge in [0.05, 0.1) is 5.75 Å². The molecule has 6 nitrogen and oxygen atoms in total. The average molecular weight is 291 g/mol. The molecule has 0 aromatic rings. The monoisotopic (exact) mass is 291 g/mol. The van der Waals surface area contributed by atoms with Crippen LogP contribution in [0.4, 0.5) is 0 Å². The molecule has 0 radical (unpaired) electrons. The molecular formula is C12H25N3O3S. The molecule has 1 rings (SSSR count). The summed E-state index contributed by atoms with van der Waals surface area (Å²) in [4.78, 5) is 13.6. The number of amides is 1. The number of rotatable bonds is 6. The zero-order valence-corrected chi connectivity index (χ0v) is 12.9. The third kappa shape index (κ3) is 4.74. The maximum Gasteiger partial charge on any atom is 0.223 e.